The zero-order valence-corrected chi connectivity index (χ0v) is 19.3. The van der Waals surface area contributed by atoms with Gasteiger partial charge in [0.1, 0.15) is 13.2 Å². The maximum atomic E-state index is 11.5. The number of carbonyl (C=O) groups excluding carboxylic acids is 1. The molecule has 0 radical (unpaired) electrons. The molecule has 2 rings (SSSR count). The minimum Gasteiger partial charge on any atom is -0.460 e. The average Bonchev–Trinajstić information content (AvgIpc) is 3.12. The Morgan fingerprint density at radius 1 is 1.21 bits per heavy atom. The first-order valence-electron chi connectivity index (χ1n) is 9.35. The Bertz CT molecular complexity index is 669. The third kappa shape index (κ3) is 12.7. The summed E-state index contributed by atoms with van der Waals surface area (Å²) in [4.78, 5) is 11.4. The minimum absolute atomic E-state index is 0.0306. The Balaban J connectivity index is 0.000000330. The van der Waals surface area contributed by atoms with Crippen LogP contribution in [0.3, 0.4) is 0 Å². The molecule has 9 heteroatoms. The number of benzene rings is 1. The molecule has 1 unspecified atom stereocenters. The van der Waals surface area contributed by atoms with E-state index in [4.69, 9.17) is 9.29 Å². The molecule has 6 nitrogen and oxygen atoms in total. The van der Waals surface area contributed by atoms with Crippen molar-refractivity contribution in [1.29, 1.82) is 0 Å². The van der Waals surface area contributed by atoms with Gasteiger partial charge in [0.25, 0.3) is 10.1 Å². The van der Waals surface area contributed by atoms with E-state index in [1.54, 1.807) is 18.2 Å². The van der Waals surface area contributed by atoms with Gasteiger partial charge in [-0.2, -0.15) is 8.42 Å². The molecule has 0 bridgehead atoms. The molecule has 1 atom stereocenters. The van der Waals surface area contributed by atoms with Crippen LogP contribution in [0, 0.1) is 0 Å². The summed E-state index contributed by atoms with van der Waals surface area (Å²) in [6.07, 6.45) is 5.31. The van der Waals surface area contributed by atoms with Crippen LogP contribution < -0.4 is 0 Å². The maximum absolute atomic E-state index is 11.5. The number of esters is 1. The molecule has 1 fully saturated rings. The molecule has 1 aromatic rings. The second-order valence-electron chi connectivity index (χ2n) is 7.60. The Hall–Kier alpha value is -0.740. The van der Waals surface area contributed by atoms with Crippen molar-refractivity contribution in [3.8, 4) is 0 Å². The van der Waals surface area contributed by atoms with Crippen molar-refractivity contribution in [2.75, 3.05) is 40.0 Å². The van der Waals surface area contributed by atoms with Crippen molar-refractivity contribution in [2.24, 2.45) is 0 Å². The van der Waals surface area contributed by atoms with E-state index < -0.39 is 10.1 Å². The van der Waals surface area contributed by atoms with Crippen molar-refractivity contribution >= 4 is 37.7 Å². The highest BCUT2D eigenvalue weighted by Crippen LogP contribution is 2.39. The fraction of sp³-hybridized carbons (Fsp3) is 0.632. The molecule has 1 aliphatic rings. The topological polar surface area (TPSA) is 80.7 Å². The molecular formula is C19H32NO5S3+. The van der Waals surface area contributed by atoms with Gasteiger partial charge in [-0.15, -0.1) is 0 Å². The third-order valence-electron chi connectivity index (χ3n) is 3.95. The van der Waals surface area contributed by atoms with Gasteiger partial charge in [0.05, 0.1) is 26.0 Å². The van der Waals surface area contributed by atoms with Gasteiger partial charge in [-0.05, 0) is 31.4 Å². The summed E-state index contributed by atoms with van der Waals surface area (Å²) < 4.78 is 35.3. The Morgan fingerprint density at radius 3 is 2.39 bits per heavy atom. The number of likely N-dealkylation sites (N-methyl/N-ethyl adjacent to an activating group) is 1. The van der Waals surface area contributed by atoms with Gasteiger partial charge >= 0.3 is 5.97 Å². The lowest BCUT2D eigenvalue weighted by atomic mass is 10.1. The normalized spacial score (nSPS) is 16.9. The first kappa shape index (κ1) is 25.3. The second kappa shape index (κ2) is 12.7. The average molecular weight is 451 g/mol. The Morgan fingerprint density at radius 2 is 1.89 bits per heavy atom. The minimum atomic E-state index is -4.00. The van der Waals surface area contributed by atoms with Crippen LogP contribution in [0.15, 0.2) is 35.2 Å². The van der Waals surface area contributed by atoms with Crippen LogP contribution in [-0.2, 0) is 19.6 Å². The van der Waals surface area contributed by atoms with Crippen LogP contribution in [0.5, 0.6) is 0 Å². The summed E-state index contributed by atoms with van der Waals surface area (Å²) in [6, 6.07) is 7.42. The fourth-order valence-corrected chi connectivity index (χ4v) is 5.83. The summed E-state index contributed by atoms with van der Waals surface area (Å²) in [5.74, 6) is 1.26. The molecule has 0 saturated carbocycles. The van der Waals surface area contributed by atoms with Gasteiger partial charge in [0.15, 0.2) is 0 Å². The van der Waals surface area contributed by atoms with Crippen molar-refractivity contribution < 1.29 is 27.0 Å². The maximum Gasteiger partial charge on any atom is 0.305 e. The molecule has 0 aromatic heterocycles. The van der Waals surface area contributed by atoms with E-state index in [1.165, 1.54) is 30.7 Å². The van der Waals surface area contributed by atoms with Crippen molar-refractivity contribution in [3.63, 3.8) is 0 Å². The number of nitrogens with zero attached hydrogens (tertiary/aromatic N) is 1. The molecule has 0 spiro atoms. The monoisotopic (exact) mass is 450 g/mol. The van der Waals surface area contributed by atoms with Crippen LogP contribution in [0.25, 0.3) is 0 Å². The summed E-state index contributed by atoms with van der Waals surface area (Å²) in [5, 5.41) is 0.823. The number of rotatable bonds is 9. The largest absolute Gasteiger partial charge is 0.460 e. The summed E-state index contributed by atoms with van der Waals surface area (Å²) in [7, 11) is 6.30. The number of quaternary nitrogens is 1. The molecule has 1 saturated heterocycles. The molecule has 1 aromatic carbocycles. The molecule has 1 heterocycles. The molecular weight excluding hydrogens is 418 g/mol. The molecule has 160 valence electrons. The number of ether oxygens (including phenoxy) is 1. The second-order valence-corrected chi connectivity index (χ2v) is 11.8. The van der Waals surface area contributed by atoms with Gasteiger partial charge in [-0.3, -0.25) is 9.35 Å². The number of unbranched alkanes of at least 4 members (excludes halogenated alkanes) is 1. The van der Waals surface area contributed by atoms with E-state index in [-0.39, 0.29) is 10.9 Å². The predicted molar refractivity (Wildman–Crippen MR) is 117 cm³/mol. The highest BCUT2D eigenvalue weighted by atomic mass is 33.1. The third-order valence-corrected chi connectivity index (χ3v) is 7.83. The number of hydrogen-bond donors (Lipinski definition) is 1. The summed E-state index contributed by atoms with van der Waals surface area (Å²) in [6.45, 7) is 1.42. The van der Waals surface area contributed by atoms with E-state index in [2.05, 4.69) is 21.1 Å². The van der Waals surface area contributed by atoms with Crippen LogP contribution in [0.2, 0.25) is 0 Å². The zero-order valence-electron chi connectivity index (χ0n) is 16.9. The summed E-state index contributed by atoms with van der Waals surface area (Å²) in [5.41, 5.74) is 0. The highest BCUT2D eigenvalue weighted by Gasteiger charge is 2.16. The number of carbonyl (C=O) groups is 1. The molecule has 1 aliphatic heterocycles. The fourth-order valence-electron chi connectivity index (χ4n) is 2.30. The molecule has 0 amide bonds. The van der Waals surface area contributed by atoms with Gasteiger partial charge in [0, 0.05) is 17.4 Å². The van der Waals surface area contributed by atoms with Crippen molar-refractivity contribution in [2.45, 2.75) is 42.2 Å². The van der Waals surface area contributed by atoms with E-state index in [0.717, 1.165) is 29.1 Å². The Labute approximate surface area is 177 Å². The van der Waals surface area contributed by atoms with Gasteiger partial charge in [-0.25, -0.2) is 0 Å². The van der Waals surface area contributed by atoms with E-state index in [9.17, 15) is 13.2 Å². The SMILES string of the molecule is C[N+](C)(C)CCOC(=O)CCCCC1CCSS1.O=S(=O)(O)c1ccccc1. The standard InChI is InChI=1S/C13H26NO2S2.C6H6O3S/c1-14(2,3)9-10-16-13(15)7-5-4-6-12-8-11-17-18-12;7-10(8,9)6-4-2-1-3-5-6/h12H,4-11H2,1-3H3;1-5H,(H,7,8,9)/q+1;. The van der Waals surface area contributed by atoms with Crippen LogP contribution >= 0.6 is 21.6 Å². The first-order chi connectivity index (χ1) is 13.1. The van der Waals surface area contributed by atoms with Gasteiger partial charge < -0.3 is 9.22 Å². The lowest BCUT2D eigenvalue weighted by Crippen LogP contribution is -2.38. The first-order valence-corrected chi connectivity index (χ1v) is 13.2. The van der Waals surface area contributed by atoms with Crippen LogP contribution in [-0.4, -0.2) is 68.7 Å². The smallest absolute Gasteiger partial charge is 0.305 e. The number of hydrogen-bond acceptors (Lipinski definition) is 6. The van der Waals surface area contributed by atoms with Crippen LogP contribution in [0.1, 0.15) is 32.1 Å². The van der Waals surface area contributed by atoms with Gasteiger partial charge in [-0.1, -0.05) is 46.2 Å². The van der Waals surface area contributed by atoms with E-state index in [0.29, 0.717) is 13.0 Å². The van der Waals surface area contributed by atoms with Crippen LogP contribution in [0.4, 0.5) is 0 Å². The van der Waals surface area contributed by atoms with Crippen molar-refractivity contribution in [1.82, 2.24) is 0 Å². The van der Waals surface area contributed by atoms with Crippen molar-refractivity contribution in [3.05, 3.63) is 30.3 Å². The molecule has 0 aliphatic carbocycles. The molecule has 28 heavy (non-hydrogen) atoms. The van der Waals surface area contributed by atoms with E-state index >= 15 is 0 Å². The lowest BCUT2D eigenvalue weighted by Gasteiger charge is -2.23. The lowest BCUT2D eigenvalue weighted by molar-refractivity contribution is -0.870. The highest BCUT2D eigenvalue weighted by molar-refractivity contribution is 8.77. The van der Waals surface area contributed by atoms with E-state index in [1.807, 2.05) is 21.6 Å². The quantitative estimate of drug-likeness (QED) is 0.201. The summed E-state index contributed by atoms with van der Waals surface area (Å²) >= 11 is 0. The Kier molecular flexibility index (Phi) is 11.5. The zero-order chi connectivity index (χ0) is 21.0. The molecule has 1 N–H and O–H groups in total. The predicted octanol–water partition coefficient (Wildman–Crippen LogP) is 3.88. The van der Waals surface area contributed by atoms with Gasteiger partial charge in [0.2, 0.25) is 0 Å².